The second-order valence-electron chi connectivity index (χ2n) is 7.68. The van der Waals surface area contributed by atoms with Crippen LogP contribution in [0.5, 0.6) is 0 Å². The molecule has 3 N–H and O–H groups in total. The van der Waals surface area contributed by atoms with Gasteiger partial charge in [-0.25, -0.2) is 4.99 Å². The van der Waals surface area contributed by atoms with Crippen LogP contribution >= 0.6 is 0 Å². The lowest BCUT2D eigenvalue weighted by Gasteiger charge is -2.24. The SMILES string of the molecule is Cc1cc(C(C)(O)CNC(=NCc2ccccc2)NCc2nnc(C)n2C)c(C)o1. The summed E-state index contributed by atoms with van der Waals surface area (Å²) in [5.74, 6) is 3.71. The highest BCUT2D eigenvalue weighted by atomic mass is 16.3. The van der Waals surface area contributed by atoms with E-state index >= 15 is 0 Å². The number of aromatic nitrogens is 3. The van der Waals surface area contributed by atoms with Crippen molar-refractivity contribution in [2.45, 2.75) is 46.4 Å². The number of hydrogen-bond acceptors (Lipinski definition) is 5. The van der Waals surface area contributed by atoms with E-state index in [9.17, 15) is 5.11 Å². The number of hydrogen-bond donors (Lipinski definition) is 3. The summed E-state index contributed by atoms with van der Waals surface area (Å²) in [7, 11) is 1.93. The first-order valence-corrected chi connectivity index (χ1v) is 9.97. The fraction of sp³-hybridized carbons (Fsp3) is 0.409. The molecule has 2 aromatic heterocycles. The van der Waals surface area contributed by atoms with Gasteiger partial charge in [0, 0.05) is 12.6 Å². The van der Waals surface area contributed by atoms with Gasteiger partial charge in [0.25, 0.3) is 0 Å². The van der Waals surface area contributed by atoms with Crippen molar-refractivity contribution in [3.05, 3.63) is 70.7 Å². The van der Waals surface area contributed by atoms with Crippen molar-refractivity contribution in [1.29, 1.82) is 0 Å². The molecule has 0 aliphatic rings. The van der Waals surface area contributed by atoms with Gasteiger partial charge in [-0.05, 0) is 39.3 Å². The van der Waals surface area contributed by atoms with Gasteiger partial charge in [-0.15, -0.1) is 10.2 Å². The Kier molecular flexibility index (Phi) is 6.56. The second-order valence-corrected chi connectivity index (χ2v) is 7.68. The molecule has 0 radical (unpaired) electrons. The Bertz CT molecular complexity index is 1000. The summed E-state index contributed by atoms with van der Waals surface area (Å²) in [6.07, 6.45) is 0. The summed E-state index contributed by atoms with van der Waals surface area (Å²) in [4.78, 5) is 4.67. The molecule has 8 heteroatoms. The molecule has 0 spiro atoms. The van der Waals surface area contributed by atoms with Crippen molar-refractivity contribution in [2.24, 2.45) is 12.0 Å². The first-order chi connectivity index (χ1) is 14.3. The summed E-state index contributed by atoms with van der Waals surface area (Å²) in [6, 6.07) is 11.9. The maximum Gasteiger partial charge on any atom is 0.192 e. The normalized spacial score (nSPS) is 13.9. The molecule has 8 nitrogen and oxygen atoms in total. The summed E-state index contributed by atoms with van der Waals surface area (Å²) in [6.45, 7) is 8.64. The predicted octanol–water partition coefficient (Wildman–Crippen LogP) is 2.48. The Morgan fingerprint density at radius 1 is 1.17 bits per heavy atom. The standard InChI is InChI=1S/C22H30N6O2/c1-15-11-19(16(2)30-15)22(4,29)14-25-21(23-12-18-9-7-6-8-10-18)24-13-20-27-26-17(3)28(20)5/h6-11,29H,12-14H2,1-5H3,(H2,23,24,25). The van der Waals surface area contributed by atoms with Crippen LogP contribution in [0, 0.1) is 20.8 Å². The highest BCUT2D eigenvalue weighted by Crippen LogP contribution is 2.26. The van der Waals surface area contributed by atoms with Gasteiger partial charge < -0.3 is 24.7 Å². The summed E-state index contributed by atoms with van der Waals surface area (Å²) in [5, 5.41) is 25.8. The lowest BCUT2D eigenvalue weighted by Crippen LogP contribution is -2.44. The predicted molar refractivity (Wildman–Crippen MR) is 116 cm³/mol. The van der Waals surface area contributed by atoms with Gasteiger partial charge >= 0.3 is 0 Å². The van der Waals surface area contributed by atoms with E-state index in [0.717, 1.165) is 28.5 Å². The van der Waals surface area contributed by atoms with E-state index in [0.29, 0.717) is 24.8 Å². The maximum atomic E-state index is 11.0. The van der Waals surface area contributed by atoms with Crippen molar-refractivity contribution >= 4 is 5.96 Å². The van der Waals surface area contributed by atoms with Gasteiger partial charge in [0.15, 0.2) is 11.8 Å². The average Bonchev–Trinajstić information content (AvgIpc) is 3.23. The summed E-state index contributed by atoms with van der Waals surface area (Å²) < 4.78 is 7.51. The zero-order chi connectivity index (χ0) is 21.7. The third-order valence-electron chi connectivity index (χ3n) is 5.08. The number of benzene rings is 1. The van der Waals surface area contributed by atoms with Gasteiger partial charge in [0.1, 0.15) is 22.9 Å². The Labute approximate surface area is 177 Å². The second kappa shape index (κ2) is 9.13. The number of aliphatic imine (C=N–C) groups is 1. The first-order valence-electron chi connectivity index (χ1n) is 9.97. The number of nitrogens with one attached hydrogen (secondary N) is 2. The molecule has 1 unspecified atom stereocenters. The van der Waals surface area contributed by atoms with Gasteiger partial charge in [-0.1, -0.05) is 30.3 Å². The Hall–Kier alpha value is -3.13. The highest BCUT2D eigenvalue weighted by molar-refractivity contribution is 5.79. The molecule has 0 saturated heterocycles. The monoisotopic (exact) mass is 410 g/mol. The molecular formula is C22H30N6O2. The van der Waals surface area contributed by atoms with E-state index in [1.54, 1.807) is 6.92 Å². The molecule has 1 aromatic carbocycles. The molecule has 1 atom stereocenters. The average molecular weight is 411 g/mol. The topological polar surface area (TPSA) is 100 Å². The molecule has 2 heterocycles. The van der Waals surface area contributed by atoms with Crippen LogP contribution in [-0.2, 0) is 25.7 Å². The van der Waals surface area contributed by atoms with Crippen molar-refractivity contribution in [2.75, 3.05) is 6.54 Å². The van der Waals surface area contributed by atoms with Gasteiger partial charge in [0.2, 0.25) is 0 Å². The smallest absolute Gasteiger partial charge is 0.192 e. The first kappa shape index (κ1) is 21.6. The van der Waals surface area contributed by atoms with E-state index in [1.165, 1.54) is 0 Å². The van der Waals surface area contributed by atoms with E-state index in [4.69, 9.17) is 4.42 Å². The lowest BCUT2D eigenvalue weighted by atomic mass is 9.96. The molecule has 0 bridgehead atoms. The lowest BCUT2D eigenvalue weighted by molar-refractivity contribution is 0.0601. The van der Waals surface area contributed by atoms with Crippen molar-refractivity contribution < 1.29 is 9.52 Å². The number of furan rings is 1. The zero-order valence-electron chi connectivity index (χ0n) is 18.2. The van der Waals surface area contributed by atoms with Crippen LogP contribution in [0.4, 0.5) is 0 Å². The van der Waals surface area contributed by atoms with E-state index in [1.807, 2.05) is 68.8 Å². The molecule has 3 rings (SSSR count). The van der Waals surface area contributed by atoms with Crippen LogP contribution in [0.1, 0.15) is 41.2 Å². The number of nitrogens with zero attached hydrogens (tertiary/aromatic N) is 4. The Morgan fingerprint density at radius 2 is 1.90 bits per heavy atom. The van der Waals surface area contributed by atoms with Crippen LogP contribution in [0.3, 0.4) is 0 Å². The third-order valence-corrected chi connectivity index (χ3v) is 5.08. The molecule has 0 fully saturated rings. The molecule has 3 aromatic rings. The minimum atomic E-state index is -1.11. The summed E-state index contributed by atoms with van der Waals surface area (Å²) >= 11 is 0. The van der Waals surface area contributed by atoms with Crippen LogP contribution in [0.15, 0.2) is 45.8 Å². The van der Waals surface area contributed by atoms with E-state index < -0.39 is 5.60 Å². The number of aryl methyl sites for hydroxylation is 3. The number of rotatable bonds is 7. The molecular weight excluding hydrogens is 380 g/mol. The molecule has 0 aliphatic heterocycles. The van der Waals surface area contributed by atoms with Crippen LogP contribution < -0.4 is 10.6 Å². The third kappa shape index (κ3) is 5.27. The molecule has 30 heavy (non-hydrogen) atoms. The Balaban J connectivity index is 1.72. The number of guanidine groups is 1. The van der Waals surface area contributed by atoms with Crippen molar-refractivity contribution in [3.8, 4) is 0 Å². The highest BCUT2D eigenvalue weighted by Gasteiger charge is 2.28. The molecule has 160 valence electrons. The fourth-order valence-electron chi connectivity index (χ4n) is 3.21. The minimum Gasteiger partial charge on any atom is -0.466 e. The molecule has 0 amide bonds. The zero-order valence-corrected chi connectivity index (χ0v) is 18.2. The minimum absolute atomic E-state index is 0.269. The fourth-order valence-corrected chi connectivity index (χ4v) is 3.21. The largest absolute Gasteiger partial charge is 0.466 e. The van der Waals surface area contributed by atoms with Gasteiger partial charge in [-0.2, -0.15) is 0 Å². The van der Waals surface area contributed by atoms with Crippen LogP contribution in [0.2, 0.25) is 0 Å². The van der Waals surface area contributed by atoms with E-state index in [-0.39, 0.29) is 6.54 Å². The van der Waals surface area contributed by atoms with Crippen molar-refractivity contribution in [1.82, 2.24) is 25.4 Å². The maximum absolute atomic E-state index is 11.0. The van der Waals surface area contributed by atoms with Crippen LogP contribution in [-0.4, -0.2) is 32.4 Å². The quantitative estimate of drug-likeness (QED) is 0.409. The summed E-state index contributed by atoms with van der Waals surface area (Å²) in [5.41, 5.74) is 0.748. The van der Waals surface area contributed by atoms with Gasteiger partial charge in [0.05, 0.1) is 19.6 Å². The van der Waals surface area contributed by atoms with Crippen LogP contribution in [0.25, 0.3) is 0 Å². The number of aliphatic hydroxyl groups is 1. The van der Waals surface area contributed by atoms with E-state index in [2.05, 4.69) is 25.8 Å². The van der Waals surface area contributed by atoms with Crippen molar-refractivity contribution in [3.63, 3.8) is 0 Å². The van der Waals surface area contributed by atoms with Gasteiger partial charge in [-0.3, -0.25) is 0 Å². The molecule has 0 aliphatic carbocycles. The Morgan fingerprint density at radius 3 is 2.50 bits per heavy atom. The molecule has 0 saturated carbocycles.